The van der Waals surface area contributed by atoms with Crippen molar-refractivity contribution in [2.75, 3.05) is 0 Å². The summed E-state index contributed by atoms with van der Waals surface area (Å²) in [6, 6.07) is 23.0. The zero-order valence-electron chi connectivity index (χ0n) is 16.6. The predicted molar refractivity (Wildman–Crippen MR) is 120 cm³/mol. The van der Waals surface area contributed by atoms with Gasteiger partial charge in [-0.25, -0.2) is 10.4 Å². The van der Waals surface area contributed by atoms with E-state index < -0.39 is 4.92 Å². The van der Waals surface area contributed by atoms with E-state index >= 15 is 0 Å². The molecule has 1 heterocycles. The molecule has 0 saturated heterocycles. The van der Waals surface area contributed by atoms with Gasteiger partial charge in [-0.1, -0.05) is 42.5 Å². The van der Waals surface area contributed by atoms with E-state index in [-0.39, 0.29) is 11.6 Å². The van der Waals surface area contributed by atoms with Gasteiger partial charge in [-0.2, -0.15) is 5.10 Å². The first-order valence-corrected chi connectivity index (χ1v) is 9.56. The largest absolute Gasteiger partial charge is 0.272 e. The molecule has 3 aromatic carbocycles. The number of carbonyl (C=O) groups is 1. The van der Waals surface area contributed by atoms with E-state index in [1.54, 1.807) is 18.2 Å². The summed E-state index contributed by atoms with van der Waals surface area (Å²) in [6.45, 7) is 2.00. The van der Waals surface area contributed by atoms with Crippen LogP contribution in [0, 0.1) is 17.0 Å². The topological polar surface area (TPSA) is 97.5 Å². The Balaban J connectivity index is 1.64. The van der Waals surface area contributed by atoms with Crippen molar-refractivity contribution >= 4 is 28.7 Å². The number of hydrogen-bond donors (Lipinski definition) is 1. The molecule has 152 valence electrons. The van der Waals surface area contributed by atoms with Crippen LogP contribution < -0.4 is 5.43 Å². The number of nitro groups is 1. The van der Waals surface area contributed by atoms with Crippen LogP contribution in [-0.2, 0) is 0 Å². The molecular weight excluding hydrogens is 392 g/mol. The van der Waals surface area contributed by atoms with Gasteiger partial charge in [0.25, 0.3) is 11.6 Å². The summed E-state index contributed by atoms with van der Waals surface area (Å²) in [5.41, 5.74) is 7.07. The summed E-state index contributed by atoms with van der Waals surface area (Å²) < 4.78 is 0. The number of benzene rings is 3. The molecule has 7 heteroatoms. The lowest BCUT2D eigenvalue weighted by atomic mass is 10.0. The monoisotopic (exact) mass is 410 g/mol. The number of nitro benzene ring substituents is 1. The van der Waals surface area contributed by atoms with E-state index in [2.05, 4.69) is 10.5 Å². The van der Waals surface area contributed by atoms with Crippen LogP contribution >= 0.6 is 0 Å². The van der Waals surface area contributed by atoms with Crippen molar-refractivity contribution in [1.29, 1.82) is 0 Å². The van der Waals surface area contributed by atoms with E-state index in [4.69, 9.17) is 4.98 Å². The van der Waals surface area contributed by atoms with Gasteiger partial charge in [-0.05, 0) is 42.3 Å². The lowest BCUT2D eigenvalue weighted by molar-refractivity contribution is -0.384. The number of nitrogens with zero attached hydrogens (tertiary/aromatic N) is 3. The molecule has 7 nitrogen and oxygen atoms in total. The van der Waals surface area contributed by atoms with Gasteiger partial charge in [-0.15, -0.1) is 0 Å². The van der Waals surface area contributed by atoms with E-state index in [1.807, 2.05) is 55.5 Å². The van der Waals surface area contributed by atoms with Crippen LogP contribution in [0.15, 0.2) is 84.0 Å². The number of pyridine rings is 1. The molecule has 0 bridgehead atoms. The minimum atomic E-state index is -0.469. The van der Waals surface area contributed by atoms with Crippen molar-refractivity contribution in [3.8, 4) is 11.3 Å². The second-order valence-electron chi connectivity index (χ2n) is 6.93. The number of amides is 1. The molecular formula is C24H18N4O3. The maximum absolute atomic E-state index is 12.9. The highest BCUT2D eigenvalue weighted by Crippen LogP contribution is 2.27. The van der Waals surface area contributed by atoms with Crippen molar-refractivity contribution in [3.05, 3.63) is 106 Å². The highest BCUT2D eigenvalue weighted by Gasteiger charge is 2.14. The van der Waals surface area contributed by atoms with E-state index in [9.17, 15) is 14.9 Å². The van der Waals surface area contributed by atoms with E-state index in [0.717, 1.165) is 16.5 Å². The smallest absolute Gasteiger partial charge is 0.267 e. The SMILES string of the molecule is Cc1ccccc1-c1cc(C(=O)N/N=C/c2ccc([N+](=O)[O-])cc2)c2ccccc2n1. The first-order valence-electron chi connectivity index (χ1n) is 9.56. The molecule has 1 aromatic heterocycles. The second kappa shape index (κ2) is 8.54. The summed E-state index contributed by atoms with van der Waals surface area (Å²) >= 11 is 0. The molecule has 31 heavy (non-hydrogen) atoms. The van der Waals surface area contributed by atoms with E-state index in [0.29, 0.717) is 22.3 Å². The minimum absolute atomic E-state index is 0.00632. The van der Waals surface area contributed by atoms with Crippen LogP contribution in [0.4, 0.5) is 5.69 Å². The molecule has 0 aliphatic rings. The number of nitrogens with one attached hydrogen (secondary N) is 1. The van der Waals surface area contributed by atoms with Gasteiger partial charge in [-0.3, -0.25) is 14.9 Å². The van der Waals surface area contributed by atoms with Crippen molar-refractivity contribution in [3.63, 3.8) is 0 Å². The molecule has 4 aromatic rings. The number of aryl methyl sites for hydroxylation is 1. The Kier molecular flexibility index (Phi) is 5.49. The van der Waals surface area contributed by atoms with Crippen LogP contribution in [0.5, 0.6) is 0 Å². The van der Waals surface area contributed by atoms with Gasteiger partial charge in [0.05, 0.1) is 27.9 Å². The number of fused-ring (bicyclic) bond motifs is 1. The quantitative estimate of drug-likeness (QED) is 0.288. The lowest BCUT2D eigenvalue weighted by Gasteiger charge is -2.10. The molecule has 0 spiro atoms. The normalized spacial score (nSPS) is 11.0. The van der Waals surface area contributed by atoms with Crippen LogP contribution in [0.25, 0.3) is 22.2 Å². The number of carbonyl (C=O) groups excluding carboxylic acids is 1. The summed E-state index contributed by atoms with van der Waals surface area (Å²) in [4.78, 5) is 27.9. The maximum atomic E-state index is 12.9. The van der Waals surface area contributed by atoms with Crippen molar-refractivity contribution in [2.45, 2.75) is 6.92 Å². The van der Waals surface area contributed by atoms with Crippen LogP contribution in [0.2, 0.25) is 0 Å². The number of rotatable bonds is 5. The van der Waals surface area contributed by atoms with Gasteiger partial charge in [0, 0.05) is 23.1 Å². The average molecular weight is 410 g/mol. The minimum Gasteiger partial charge on any atom is -0.267 e. The van der Waals surface area contributed by atoms with Gasteiger partial charge in [0.15, 0.2) is 0 Å². The molecule has 0 radical (unpaired) electrons. The molecule has 0 aliphatic carbocycles. The Morgan fingerprint density at radius 3 is 2.48 bits per heavy atom. The van der Waals surface area contributed by atoms with E-state index in [1.165, 1.54) is 18.3 Å². The number of para-hydroxylation sites is 1. The first kappa shape index (κ1) is 19.9. The average Bonchev–Trinajstić information content (AvgIpc) is 2.79. The molecule has 0 atom stereocenters. The number of non-ortho nitro benzene ring substituents is 1. The van der Waals surface area contributed by atoms with Gasteiger partial charge < -0.3 is 0 Å². The Morgan fingerprint density at radius 2 is 1.74 bits per heavy atom. The Labute approximate surface area is 178 Å². The maximum Gasteiger partial charge on any atom is 0.272 e. The highest BCUT2D eigenvalue weighted by atomic mass is 16.6. The molecule has 4 rings (SSSR count). The lowest BCUT2D eigenvalue weighted by Crippen LogP contribution is -2.18. The van der Waals surface area contributed by atoms with Crippen LogP contribution in [-0.4, -0.2) is 22.0 Å². The number of aromatic nitrogens is 1. The zero-order valence-corrected chi connectivity index (χ0v) is 16.6. The zero-order chi connectivity index (χ0) is 21.8. The van der Waals surface area contributed by atoms with Crippen LogP contribution in [0.1, 0.15) is 21.5 Å². The molecule has 0 saturated carbocycles. The highest BCUT2D eigenvalue weighted by molar-refractivity contribution is 6.07. The van der Waals surface area contributed by atoms with Gasteiger partial charge in [0.2, 0.25) is 0 Å². The summed E-state index contributed by atoms with van der Waals surface area (Å²) in [5.74, 6) is -0.369. The molecule has 0 fully saturated rings. The fourth-order valence-corrected chi connectivity index (χ4v) is 3.27. The molecule has 0 aliphatic heterocycles. The third-order valence-corrected chi connectivity index (χ3v) is 4.87. The Hall–Kier alpha value is -4.39. The first-order chi connectivity index (χ1) is 15.0. The molecule has 1 N–H and O–H groups in total. The molecule has 0 unspecified atom stereocenters. The Morgan fingerprint density at radius 1 is 1.03 bits per heavy atom. The summed E-state index contributed by atoms with van der Waals surface area (Å²) in [7, 11) is 0. The number of hydrazone groups is 1. The number of hydrogen-bond acceptors (Lipinski definition) is 5. The fourth-order valence-electron chi connectivity index (χ4n) is 3.27. The predicted octanol–water partition coefficient (Wildman–Crippen LogP) is 4.88. The van der Waals surface area contributed by atoms with Gasteiger partial charge >= 0.3 is 0 Å². The van der Waals surface area contributed by atoms with Crippen molar-refractivity contribution < 1.29 is 9.72 Å². The third-order valence-electron chi connectivity index (χ3n) is 4.87. The fraction of sp³-hybridized carbons (Fsp3) is 0.0417. The third kappa shape index (κ3) is 4.30. The van der Waals surface area contributed by atoms with Gasteiger partial charge in [0.1, 0.15) is 0 Å². The molecule has 1 amide bonds. The van der Waals surface area contributed by atoms with Crippen molar-refractivity contribution in [1.82, 2.24) is 10.4 Å². The summed E-state index contributed by atoms with van der Waals surface area (Å²) in [5, 5.41) is 15.5. The Bertz CT molecular complexity index is 1310. The van der Waals surface area contributed by atoms with Crippen LogP contribution in [0.3, 0.4) is 0 Å². The second-order valence-corrected chi connectivity index (χ2v) is 6.93. The standard InChI is InChI=1S/C24H18N4O3/c1-16-6-2-3-7-19(16)23-14-21(20-8-4-5-9-22(20)26-23)24(29)27-25-15-17-10-12-18(13-11-17)28(30)31/h2-15H,1H3,(H,27,29)/b25-15+. The van der Waals surface area contributed by atoms with Crippen molar-refractivity contribution in [2.24, 2.45) is 5.10 Å². The summed E-state index contributed by atoms with van der Waals surface area (Å²) in [6.07, 6.45) is 1.44.